The topological polar surface area (TPSA) is 67.2 Å². The van der Waals surface area contributed by atoms with Crippen LogP contribution in [0.1, 0.15) is 11.9 Å². The molecule has 0 atom stereocenters. The van der Waals surface area contributed by atoms with Gasteiger partial charge in [0.15, 0.2) is 0 Å². The summed E-state index contributed by atoms with van der Waals surface area (Å²) in [5.74, 6) is 1.59. The Morgan fingerprint density at radius 2 is 2.04 bits per heavy atom. The van der Waals surface area contributed by atoms with E-state index in [0.717, 1.165) is 28.4 Å². The van der Waals surface area contributed by atoms with Crippen LogP contribution >= 0.6 is 11.3 Å². The van der Waals surface area contributed by atoms with E-state index in [9.17, 15) is 5.26 Å². The normalized spacial score (nSPS) is 10.9. The first kappa shape index (κ1) is 18.5. The van der Waals surface area contributed by atoms with Crippen LogP contribution in [0.25, 0.3) is 16.8 Å². The van der Waals surface area contributed by atoms with Crippen molar-refractivity contribution in [2.75, 3.05) is 19.0 Å². The molecule has 1 aromatic heterocycles. The molecule has 136 valence electrons. The number of benzene rings is 2. The summed E-state index contributed by atoms with van der Waals surface area (Å²) in [7, 11) is 1.63. The SMILES string of the molecule is CCOc1ccc(NC=C(C#N)c2nc(-c3cccc(OC)c3)cs2)cc1. The van der Waals surface area contributed by atoms with Crippen molar-refractivity contribution in [1.29, 1.82) is 5.26 Å². The molecule has 0 bridgehead atoms. The van der Waals surface area contributed by atoms with Crippen molar-refractivity contribution in [1.82, 2.24) is 4.98 Å². The lowest BCUT2D eigenvalue weighted by Gasteiger charge is -2.05. The molecule has 0 unspecified atom stereocenters. The second kappa shape index (κ2) is 8.88. The van der Waals surface area contributed by atoms with E-state index in [1.54, 1.807) is 13.3 Å². The summed E-state index contributed by atoms with van der Waals surface area (Å²) < 4.78 is 10.7. The molecule has 5 nitrogen and oxygen atoms in total. The van der Waals surface area contributed by atoms with E-state index in [4.69, 9.17) is 9.47 Å². The van der Waals surface area contributed by atoms with Crippen molar-refractivity contribution in [3.8, 4) is 28.8 Å². The highest BCUT2D eigenvalue weighted by atomic mass is 32.1. The number of nitrogens with one attached hydrogen (secondary N) is 1. The number of methoxy groups -OCH3 is 1. The van der Waals surface area contributed by atoms with Crippen LogP contribution in [0.2, 0.25) is 0 Å². The lowest BCUT2D eigenvalue weighted by atomic mass is 10.1. The minimum Gasteiger partial charge on any atom is -0.497 e. The molecular formula is C21H19N3O2S. The zero-order valence-corrected chi connectivity index (χ0v) is 15.9. The van der Waals surface area contributed by atoms with Gasteiger partial charge in [-0.1, -0.05) is 12.1 Å². The highest BCUT2D eigenvalue weighted by molar-refractivity contribution is 7.11. The van der Waals surface area contributed by atoms with Gasteiger partial charge in [0.2, 0.25) is 0 Å². The van der Waals surface area contributed by atoms with E-state index in [1.807, 2.05) is 60.8 Å². The highest BCUT2D eigenvalue weighted by Gasteiger charge is 2.09. The van der Waals surface area contributed by atoms with E-state index >= 15 is 0 Å². The lowest BCUT2D eigenvalue weighted by Crippen LogP contribution is -1.93. The van der Waals surface area contributed by atoms with Crippen molar-refractivity contribution in [2.45, 2.75) is 6.92 Å². The maximum absolute atomic E-state index is 9.50. The Labute approximate surface area is 162 Å². The molecular weight excluding hydrogens is 358 g/mol. The Morgan fingerprint density at radius 3 is 2.74 bits per heavy atom. The van der Waals surface area contributed by atoms with Gasteiger partial charge in [0, 0.05) is 22.8 Å². The first-order chi connectivity index (χ1) is 13.2. The number of nitriles is 1. The number of anilines is 1. The molecule has 0 aliphatic heterocycles. The van der Waals surface area contributed by atoms with Gasteiger partial charge in [0.25, 0.3) is 0 Å². The number of rotatable bonds is 7. The second-order valence-corrected chi connectivity index (χ2v) is 6.40. The summed E-state index contributed by atoms with van der Waals surface area (Å²) in [4.78, 5) is 4.59. The van der Waals surface area contributed by atoms with Crippen LogP contribution in [0.4, 0.5) is 5.69 Å². The van der Waals surface area contributed by atoms with Gasteiger partial charge in [-0.2, -0.15) is 5.26 Å². The van der Waals surface area contributed by atoms with Crippen LogP contribution in [0.15, 0.2) is 60.1 Å². The molecule has 1 heterocycles. The summed E-state index contributed by atoms with van der Waals surface area (Å²) in [6.45, 7) is 2.58. The average molecular weight is 377 g/mol. The Kier molecular flexibility index (Phi) is 6.08. The summed E-state index contributed by atoms with van der Waals surface area (Å²) in [6, 6.07) is 17.5. The molecule has 2 aromatic carbocycles. The average Bonchev–Trinajstić information content (AvgIpc) is 3.20. The van der Waals surface area contributed by atoms with Crippen molar-refractivity contribution >= 4 is 22.6 Å². The molecule has 6 heteroatoms. The summed E-state index contributed by atoms with van der Waals surface area (Å²) in [6.07, 6.45) is 1.67. The molecule has 27 heavy (non-hydrogen) atoms. The summed E-state index contributed by atoms with van der Waals surface area (Å²) in [5.41, 5.74) is 3.11. The maximum atomic E-state index is 9.50. The van der Waals surface area contributed by atoms with Gasteiger partial charge in [0.1, 0.15) is 28.1 Å². The molecule has 0 spiro atoms. The highest BCUT2D eigenvalue weighted by Crippen LogP contribution is 2.28. The first-order valence-corrected chi connectivity index (χ1v) is 9.31. The van der Waals surface area contributed by atoms with Crippen molar-refractivity contribution in [2.24, 2.45) is 0 Å². The summed E-state index contributed by atoms with van der Waals surface area (Å²) in [5, 5.41) is 15.2. The predicted octanol–water partition coefficient (Wildman–Crippen LogP) is 5.19. The van der Waals surface area contributed by atoms with Crippen molar-refractivity contribution in [3.63, 3.8) is 0 Å². The van der Waals surface area contributed by atoms with E-state index in [-0.39, 0.29) is 0 Å². The lowest BCUT2D eigenvalue weighted by molar-refractivity contribution is 0.340. The molecule has 0 aliphatic rings. The largest absolute Gasteiger partial charge is 0.497 e. The molecule has 0 saturated heterocycles. The molecule has 3 rings (SSSR count). The molecule has 0 amide bonds. The van der Waals surface area contributed by atoms with Gasteiger partial charge >= 0.3 is 0 Å². The van der Waals surface area contributed by atoms with Crippen LogP contribution < -0.4 is 14.8 Å². The zero-order valence-electron chi connectivity index (χ0n) is 15.1. The Morgan fingerprint density at radius 1 is 1.22 bits per heavy atom. The van der Waals surface area contributed by atoms with Gasteiger partial charge in [0.05, 0.1) is 19.4 Å². The standard InChI is InChI=1S/C21H19N3O2S/c1-3-26-18-9-7-17(8-10-18)23-13-16(12-22)21-24-20(14-27-21)15-5-4-6-19(11-15)25-2/h4-11,13-14,23H,3H2,1-2H3. The molecule has 0 saturated carbocycles. The quantitative estimate of drug-likeness (QED) is 0.574. The fourth-order valence-electron chi connectivity index (χ4n) is 2.42. The maximum Gasteiger partial charge on any atom is 0.136 e. The van der Waals surface area contributed by atoms with Gasteiger partial charge in [-0.25, -0.2) is 4.98 Å². The third kappa shape index (κ3) is 4.66. The van der Waals surface area contributed by atoms with Crippen LogP contribution in [0.3, 0.4) is 0 Å². The number of allylic oxidation sites excluding steroid dienone is 1. The van der Waals surface area contributed by atoms with Crippen LogP contribution in [-0.4, -0.2) is 18.7 Å². The third-order valence-electron chi connectivity index (χ3n) is 3.77. The number of nitrogens with zero attached hydrogens (tertiary/aromatic N) is 2. The van der Waals surface area contributed by atoms with Crippen LogP contribution in [0, 0.1) is 11.3 Å². The van der Waals surface area contributed by atoms with E-state index in [0.29, 0.717) is 17.2 Å². The molecule has 1 N–H and O–H groups in total. The zero-order chi connectivity index (χ0) is 19.1. The van der Waals surface area contributed by atoms with Crippen LogP contribution in [0.5, 0.6) is 11.5 Å². The monoisotopic (exact) mass is 377 g/mol. The second-order valence-electron chi connectivity index (χ2n) is 5.54. The molecule has 0 aliphatic carbocycles. The van der Waals surface area contributed by atoms with E-state index < -0.39 is 0 Å². The van der Waals surface area contributed by atoms with E-state index in [2.05, 4.69) is 16.4 Å². The minimum atomic E-state index is 0.475. The number of aromatic nitrogens is 1. The molecule has 0 radical (unpaired) electrons. The molecule has 3 aromatic rings. The predicted molar refractivity (Wildman–Crippen MR) is 109 cm³/mol. The smallest absolute Gasteiger partial charge is 0.136 e. The van der Waals surface area contributed by atoms with E-state index in [1.165, 1.54) is 11.3 Å². The molecule has 0 fully saturated rings. The summed E-state index contributed by atoms with van der Waals surface area (Å²) >= 11 is 1.43. The Hall–Kier alpha value is -3.30. The van der Waals surface area contributed by atoms with Gasteiger partial charge in [-0.15, -0.1) is 11.3 Å². The van der Waals surface area contributed by atoms with Gasteiger partial charge < -0.3 is 14.8 Å². The number of hydrogen-bond donors (Lipinski definition) is 1. The van der Waals surface area contributed by atoms with Crippen LogP contribution in [-0.2, 0) is 0 Å². The number of ether oxygens (including phenoxy) is 2. The van der Waals surface area contributed by atoms with Crippen molar-refractivity contribution in [3.05, 3.63) is 65.1 Å². The third-order valence-corrected chi connectivity index (χ3v) is 4.64. The Balaban J connectivity index is 1.76. The fraction of sp³-hybridized carbons (Fsp3) is 0.143. The van der Waals surface area contributed by atoms with Gasteiger partial charge in [-0.05, 0) is 43.3 Å². The minimum absolute atomic E-state index is 0.475. The number of thiazole rings is 1. The first-order valence-electron chi connectivity index (χ1n) is 8.43. The fourth-order valence-corrected chi connectivity index (χ4v) is 3.22. The van der Waals surface area contributed by atoms with Gasteiger partial charge in [-0.3, -0.25) is 0 Å². The Bertz CT molecular complexity index is 972. The number of hydrogen-bond acceptors (Lipinski definition) is 6. The van der Waals surface area contributed by atoms with Crippen molar-refractivity contribution < 1.29 is 9.47 Å².